The minimum atomic E-state index is -1.01. The maximum atomic E-state index is 13.9. The second-order valence-electron chi connectivity index (χ2n) is 10.8. The number of carbonyl (C=O) groups is 2. The molecule has 2 aliphatic rings. The van der Waals surface area contributed by atoms with Gasteiger partial charge in [0, 0.05) is 5.56 Å². The standard InChI is InChI=1S/C35H36N2O8S/c1-4-7-8-15-43-25-13-9-21(18-27(25)42-6-3)31-30(32(38)22-10-14-26-28(19-22)45-17-16-44-26)33(39)34(40)37(31)35-36-24-12-11-23(41-5-2)20-29(24)46-35/h9-14,18-20,31,38H,4-8,15-17H2,1-3H3/b32-30+/t31-/m0/s1. The van der Waals surface area contributed by atoms with Crippen molar-refractivity contribution < 1.29 is 38.4 Å². The highest BCUT2D eigenvalue weighted by Gasteiger charge is 2.48. The molecule has 4 aromatic rings. The van der Waals surface area contributed by atoms with Crippen molar-refractivity contribution in [1.29, 1.82) is 0 Å². The van der Waals surface area contributed by atoms with E-state index in [1.165, 1.54) is 16.2 Å². The molecule has 10 nitrogen and oxygen atoms in total. The summed E-state index contributed by atoms with van der Waals surface area (Å²) >= 11 is 1.27. The molecule has 1 fully saturated rings. The number of ether oxygens (including phenoxy) is 5. The number of amides is 1. The van der Waals surface area contributed by atoms with Crippen molar-refractivity contribution in [3.05, 3.63) is 71.3 Å². The fourth-order valence-corrected chi connectivity index (χ4v) is 6.58. The smallest absolute Gasteiger partial charge is 0.301 e. The number of Topliss-reactive ketones (excluding diaryl/α,β-unsaturated/α-hetero) is 1. The second-order valence-corrected chi connectivity index (χ2v) is 11.8. The van der Waals surface area contributed by atoms with E-state index in [1.807, 2.05) is 32.0 Å². The molecular formula is C35H36N2O8S. The Bertz CT molecular complexity index is 1800. The lowest BCUT2D eigenvalue weighted by molar-refractivity contribution is -0.132. The zero-order valence-electron chi connectivity index (χ0n) is 26.0. The van der Waals surface area contributed by atoms with Crippen LogP contribution in [-0.4, -0.2) is 54.8 Å². The number of hydrogen-bond donors (Lipinski definition) is 1. The molecule has 0 spiro atoms. The van der Waals surface area contributed by atoms with Gasteiger partial charge in [0.05, 0.1) is 41.7 Å². The summed E-state index contributed by atoms with van der Waals surface area (Å²) in [6, 6.07) is 14.7. The van der Waals surface area contributed by atoms with E-state index in [9.17, 15) is 14.7 Å². The van der Waals surface area contributed by atoms with E-state index < -0.39 is 17.7 Å². The molecule has 0 unspecified atom stereocenters. The first-order valence-electron chi connectivity index (χ1n) is 15.6. The number of nitrogens with zero attached hydrogens (tertiary/aromatic N) is 2. The summed E-state index contributed by atoms with van der Waals surface area (Å²) < 4.78 is 29.8. The van der Waals surface area contributed by atoms with Crippen molar-refractivity contribution >= 4 is 44.1 Å². The van der Waals surface area contributed by atoms with Crippen molar-refractivity contribution in [2.75, 3.05) is 37.9 Å². The molecule has 11 heteroatoms. The van der Waals surface area contributed by atoms with Crippen LogP contribution in [0.5, 0.6) is 28.7 Å². The number of hydrogen-bond acceptors (Lipinski definition) is 10. The highest BCUT2D eigenvalue weighted by atomic mass is 32.1. The molecule has 0 radical (unpaired) electrons. The molecule has 1 aromatic heterocycles. The zero-order chi connectivity index (χ0) is 32.2. The Balaban J connectivity index is 1.48. The Morgan fingerprint density at radius 2 is 1.72 bits per heavy atom. The SMILES string of the molecule is CCCCCOc1ccc([C@H]2/C(=C(\O)c3ccc4c(c3)OCCO4)C(=O)C(=O)N2c2nc3ccc(OCC)cc3s2)cc1OCC. The fraction of sp³-hybridized carbons (Fsp3) is 0.343. The Labute approximate surface area is 271 Å². The van der Waals surface area contributed by atoms with Gasteiger partial charge in [-0.05, 0) is 74.4 Å². The van der Waals surface area contributed by atoms with Crippen molar-refractivity contribution in [3.63, 3.8) is 0 Å². The third-order valence-corrected chi connectivity index (χ3v) is 8.73. The number of rotatable bonds is 12. The summed E-state index contributed by atoms with van der Waals surface area (Å²) in [5.74, 6) is 0.743. The normalized spacial score (nSPS) is 17.0. The van der Waals surface area contributed by atoms with Gasteiger partial charge >= 0.3 is 5.91 Å². The molecule has 0 saturated carbocycles. The molecule has 2 aliphatic heterocycles. The number of aromatic nitrogens is 1. The van der Waals surface area contributed by atoms with Crippen LogP contribution in [0, 0.1) is 0 Å². The summed E-state index contributed by atoms with van der Waals surface area (Å²) in [7, 11) is 0. The number of carbonyl (C=O) groups excluding carboxylic acids is 2. The number of ketones is 1. The van der Waals surface area contributed by atoms with Crippen LogP contribution >= 0.6 is 11.3 Å². The quantitative estimate of drug-likeness (QED) is 0.0749. The van der Waals surface area contributed by atoms with Crippen LogP contribution in [0.25, 0.3) is 16.0 Å². The van der Waals surface area contributed by atoms with Gasteiger partial charge in [0.15, 0.2) is 28.1 Å². The minimum Gasteiger partial charge on any atom is -0.507 e. The third kappa shape index (κ3) is 6.06. The van der Waals surface area contributed by atoms with Crippen LogP contribution < -0.4 is 28.6 Å². The van der Waals surface area contributed by atoms with Crippen molar-refractivity contribution in [2.24, 2.45) is 0 Å². The van der Waals surface area contributed by atoms with Crippen LogP contribution in [0.4, 0.5) is 5.13 Å². The van der Waals surface area contributed by atoms with Crippen LogP contribution in [0.3, 0.4) is 0 Å². The van der Waals surface area contributed by atoms with Gasteiger partial charge in [-0.15, -0.1) is 0 Å². The molecule has 0 aliphatic carbocycles. The molecule has 1 N–H and O–H groups in total. The first kappa shape index (κ1) is 31.2. The van der Waals surface area contributed by atoms with E-state index in [1.54, 1.807) is 36.4 Å². The molecule has 46 heavy (non-hydrogen) atoms. The van der Waals surface area contributed by atoms with Crippen LogP contribution in [0.2, 0.25) is 0 Å². The molecule has 240 valence electrons. The van der Waals surface area contributed by atoms with Gasteiger partial charge in [-0.3, -0.25) is 14.5 Å². The minimum absolute atomic E-state index is 0.0741. The van der Waals surface area contributed by atoms with Crippen molar-refractivity contribution in [1.82, 2.24) is 4.98 Å². The number of benzene rings is 3. The van der Waals surface area contributed by atoms with Crippen LogP contribution in [-0.2, 0) is 9.59 Å². The van der Waals surface area contributed by atoms with E-state index in [4.69, 9.17) is 28.7 Å². The molecule has 3 aromatic carbocycles. The Morgan fingerprint density at radius 1 is 0.913 bits per heavy atom. The van der Waals surface area contributed by atoms with Gasteiger partial charge < -0.3 is 28.8 Å². The molecule has 1 saturated heterocycles. The van der Waals surface area contributed by atoms with E-state index in [2.05, 4.69) is 6.92 Å². The van der Waals surface area contributed by atoms with Gasteiger partial charge in [-0.25, -0.2) is 4.98 Å². The number of unbranched alkanes of at least 4 members (excludes halogenated alkanes) is 2. The van der Waals surface area contributed by atoms with Crippen LogP contribution in [0.15, 0.2) is 60.2 Å². The Kier molecular flexibility index (Phi) is 9.30. The van der Waals surface area contributed by atoms with Crippen LogP contribution in [0.1, 0.15) is 57.2 Å². The average molecular weight is 645 g/mol. The summed E-state index contributed by atoms with van der Waals surface area (Å²) in [5, 5.41) is 12.0. The van der Waals surface area contributed by atoms with E-state index in [0.717, 1.165) is 24.0 Å². The number of anilines is 1. The van der Waals surface area contributed by atoms with Gasteiger partial charge in [0.2, 0.25) is 0 Å². The van der Waals surface area contributed by atoms with E-state index >= 15 is 0 Å². The summed E-state index contributed by atoms with van der Waals surface area (Å²) in [6.45, 7) is 8.10. The topological polar surface area (TPSA) is 117 Å². The predicted molar refractivity (Wildman–Crippen MR) is 176 cm³/mol. The molecule has 1 amide bonds. The lowest BCUT2D eigenvalue weighted by Crippen LogP contribution is -2.29. The Morgan fingerprint density at radius 3 is 2.50 bits per heavy atom. The molecular weight excluding hydrogens is 608 g/mol. The largest absolute Gasteiger partial charge is 0.507 e. The average Bonchev–Trinajstić information content (AvgIpc) is 3.60. The monoisotopic (exact) mass is 644 g/mol. The molecule has 1 atom stereocenters. The van der Waals surface area contributed by atoms with Gasteiger partial charge in [0.1, 0.15) is 24.7 Å². The third-order valence-electron chi connectivity index (χ3n) is 7.71. The lowest BCUT2D eigenvalue weighted by Gasteiger charge is -2.24. The summed E-state index contributed by atoms with van der Waals surface area (Å²) in [4.78, 5) is 33.8. The first-order valence-corrected chi connectivity index (χ1v) is 16.4. The first-order chi connectivity index (χ1) is 22.4. The van der Waals surface area contributed by atoms with Gasteiger partial charge in [-0.1, -0.05) is 37.2 Å². The number of aliphatic hydroxyl groups is 1. The van der Waals surface area contributed by atoms with Gasteiger partial charge in [0.25, 0.3) is 5.78 Å². The predicted octanol–water partition coefficient (Wildman–Crippen LogP) is 7.06. The fourth-order valence-electron chi connectivity index (χ4n) is 5.56. The van der Waals surface area contributed by atoms with E-state index in [-0.39, 0.29) is 11.3 Å². The zero-order valence-corrected chi connectivity index (χ0v) is 26.9. The maximum absolute atomic E-state index is 13.9. The van der Waals surface area contributed by atoms with Crippen molar-refractivity contribution in [2.45, 2.75) is 46.1 Å². The molecule has 3 heterocycles. The highest BCUT2D eigenvalue weighted by molar-refractivity contribution is 7.22. The number of aliphatic hydroxyl groups excluding tert-OH is 1. The number of thiazole rings is 1. The highest BCUT2D eigenvalue weighted by Crippen LogP contribution is 2.47. The molecule has 0 bridgehead atoms. The van der Waals surface area contributed by atoms with E-state index in [0.29, 0.717) is 83.6 Å². The molecule has 6 rings (SSSR count). The Hall–Kier alpha value is -4.77. The lowest BCUT2D eigenvalue weighted by atomic mass is 9.95. The van der Waals surface area contributed by atoms with Gasteiger partial charge in [-0.2, -0.15) is 0 Å². The van der Waals surface area contributed by atoms with Crippen molar-refractivity contribution in [3.8, 4) is 28.7 Å². The number of fused-ring (bicyclic) bond motifs is 2. The maximum Gasteiger partial charge on any atom is 0.301 e. The summed E-state index contributed by atoms with van der Waals surface area (Å²) in [5.41, 5.74) is 1.45. The summed E-state index contributed by atoms with van der Waals surface area (Å²) in [6.07, 6.45) is 3.02. The second kappa shape index (κ2) is 13.7.